The molecule has 0 radical (unpaired) electrons. The second-order valence-electron chi connectivity index (χ2n) is 11.3. The number of carboxylic acid groups (broad SMARTS) is 1. The first-order valence-electron chi connectivity index (χ1n) is 14.2. The molecule has 228 valence electrons. The summed E-state index contributed by atoms with van der Waals surface area (Å²) in [6.07, 6.45) is 2.05. The quantitative estimate of drug-likeness (QED) is 0.437. The molecule has 6 rings (SSSR count). The van der Waals surface area contributed by atoms with E-state index in [0.29, 0.717) is 34.6 Å². The van der Waals surface area contributed by atoms with E-state index in [9.17, 15) is 27.2 Å². The van der Waals surface area contributed by atoms with Crippen molar-refractivity contribution in [3.05, 3.63) is 56.5 Å². The van der Waals surface area contributed by atoms with E-state index < -0.39 is 17.8 Å². The number of halogens is 4. The van der Waals surface area contributed by atoms with Gasteiger partial charge in [-0.1, -0.05) is 31.4 Å². The van der Waals surface area contributed by atoms with Gasteiger partial charge in [0.2, 0.25) is 5.95 Å². The van der Waals surface area contributed by atoms with Crippen molar-refractivity contribution in [1.82, 2.24) is 24.0 Å². The van der Waals surface area contributed by atoms with E-state index in [2.05, 4.69) is 14.8 Å². The topological polar surface area (TPSA) is 114 Å². The van der Waals surface area contributed by atoms with Gasteiger partial charge in [0.1, 0.15) is 5.82 Å². The van der Waals surface area contributed by atoms with Gasteiger partial charge in [-0.25, -0.2) is 14.0 Å². The van der Waals surface area contributed by atoms with Crippen LogP contribution in [0.25, 0.3) is 11.2 Å². The Balaban J connectivity index is 0.000000451. The molecule has 1 saturated carbocycles. The SMILES string of the molecule is Cn1c(=O)n(Cc2ccc(F)cc2)c(=O)c2c1nc(N1CCC3CNCC31)n2CC1CCCCC1.O=C(O)C(F)(F)F. The van der Waals surface area contributed by atoms with Crippen LogP contribution in [0.2, 0.25) is 0 Å². The van der Waals surface area contributed by atoms with Gasteiger partial charge in [-0.15, -0.1) is 0 Å². The number of hydrogen-bond donors (Lipinski definition) is 2. The Morgan fingerprint density at radius 2 is 1.71 bits per heavy atom. The minimum atomic E-state index is -5.08. The lowest BCUT2D eigenvalue weighted by molar-refractivity contribution is -0.192. The van der Waals surface area contributed by atoms with Crippen molar-refractivity contribution in [3.8, 4) is 0 Å². The van der Waals surface area contributed by atoms with E-state index in [0.717, 1.165) is 51.4 Å². The largest absolute Gasteiger partial charge is 0.490 e. The first kappa shape index (κ1) is 29.8. The highest BCUT2D eigenvalue weighted by Crippen LogP contribution is 2.34. The predicted octanol–water partition coefficient (Wildman–Crippen LogP) is 3.10. The number of aryl methyl sites for hydroxylation is 1. The molecule has 42 heavy (non-hydrogen) atoms. The summed E-state index contributed by atoms with van der Waals surface area (Å²) < 4.78 is 50.0. The van der Waals surface area contributed by atoms with Crippen LogP contribution < -0.4 is 21.5 Å². The van der Waals surface area contributed by atoms with Gasteiger partial charge < -0.3 is 19.9 Å². The Morgan fingerprint density at radius 1 is 1.05 bits per heavy atom. The second kappa shape index (κ2) is 11.9. The van der Waals surface area contributed by atoms with Crippen molar-refractivity contribution >= 4 is 23.1 Å². The van der Waals surface area contributed by atoms with Crippen LogP contribution in [0.5, 0.6) is 0 Å². The molecule has 2 saturated heterocycles. The molecule has 1 aromatic carbocycles. The highest BCUT2D eigenvalue weighted by Gasteiger charge is 2.40. The van der Waals surface area contributed by atoms with Gasteiger partial charge in [0, 0.05) is 39.3 Å². The Hall–Kier alpha value is -3.68. The summed E-state index contributed by atoms with van der Waals surface area (Å²) in [6.45, 7) is 3.71. The molecule has 3 aromatic rings. The summed E-state index contributed by atoms with van der Waals surface area (Å²) in [5.74, 6) is -1.18. The molecule has 2 N–H and O–H groups in total. The lowest BCUT2D eigenvalue weighted by Crippen LogP contribution is -2.40. The van der Waals surface area contributed by atoms with Gasteiger partial charge in [-0.05, 0) is 48.8 Å². The van der Waals surface area contributed by atoms with Crippen LogP contribution in [0.4, 0.5) is 23.5 Å². The van der Waals surface area contributed by atoms with E-state index in [1.165, 1.54) is 40.5 Å². The molecule has 3 fully saturated rings. The number of carboxylic acids is 1. The fourth-order valence-electron chi connectivity index (χ4n) is 6.39. The average molecular weight is 595 g/mol. The molecule has 4 heterocycles. The molecule has 2 aliphatic heterocycles. The van der Waals surface area contributed by atoms with Gasteiger partial charge in [0.15, 0.2) is 11.2 Å². The summed E-state index contributed by atoms with van der Waals surface area (Å²) in [4.78, 5) is 43.4. The Kier molecular flexibility index (Phi) is 8.44. The minimum Gasteiger partial charge on any atom is -0.475 e. The number of fused-ring (bicyclic) bond motifs is 2. The first-order chi connectivity index (χ1) is 20.0. The number of benzene rings is 1. The smallest absolute Gasteiger partial charge is 0.475 e. The molecule has 10 nitrogen and oxygen atoms in total. The molecule has 0 bridgehead atoms. The third kappa shape index (κ3) is 5.94. The van der Waals surface area contributed by atoms with E-state index >= 15 is 0 Å². The van der Waals surface area contributed by atoms with Crippen molar-refractivity contribution in [2.75, 3.05) is 24.5 Å². The van der Waals surface area contributed by atoms with Crippen molar-refractivity contribution in [2.45, 2.75) is 63.8 Å². The maximum Gasteiger partial charge on any atom is 0.490 e. The van der Waals surface area contributed by atoms with E-state index in [1.54, 1.807) is 19.2 Å². The lowest BCUT2D eigenvalue weighted by atomic mass is 9.89. The summed E-state index contributed by atoms with van der Waals surface area (Å²) in [6, 6.07) is 6.32. The molecule has 0 spiro atoms. The first-order valence-corrected chi connectivity index (χ1v) is 14.2. The number of nitrogens with one attached hydrogen (secondary N) is 1. The fraction of sp³-hybridized carbons (Fsp3) is 0.571. The number of nitrogens with zero attached hydrogens (tertiary/aromatic N) is 5. The van der Waals surface area contributed by atoms with Crippen LogP contribution in [-0.2, 0) is 24.9 Å². The van der Waals surface area contributed by atoms with Gasteiger partial charge in [-0.2, -0.15) is 18.2 Å². The van der Waals surface area contributed by atoms with Crippen molar-refractivity contribution in [1.29, 1.82) is 0 Å². The third-order valence-corrected chi connectivity index (χ3v) is 8.58. The van der Waals surface area contributed by atoms with Crippen LogP contribution in [0, 0.1) is 17.7 Å². The number of imidazole rings is 1. The van der Waals surface area contributed by atoms with Crippen molar-refractivity contribution < 1.29 is 27.5 Å². The maximum atomic E-state index is 13.9. The molecular weight excluding hydrogens is 560 g/mol. The van der Waals surface area contributed by atoms with Gasteiger partial charge in [-0.3, -0.25) is 13.9 Å². The molecule has 1 aliphatic carbocycles. The van der Waals surface area contributed by atoms with Crippen LogP contribution in [0.15, 0.2) is 33.9 Å². The fourth-order valence-corrected chi connectivity index (χ4v) is 6.39. The lowest BCUT2D eigenvalue weighted by Gasteiger charge is -2.28. The van der Waals surface area contributed by atoms with Crippen LogP contribution in [-0.4, -0.2) is 61.6 Å². The zero-order valence-corrected chi connectivity index (χ0v) is 23.2. The summed E-state index contributed by atoms with van der Waals surface area (Å²) in [7, 11) is 1.69. The summed E-state index contributed by atoms with van der Waals surface area (Å²) >= 11 is 0. The number of hydrogen-bond acceptors (Lipinski definition) is 6. The monoisotopic (exact) mass is 594 g/mol. The molecule has 2 atom stereocenters. The van der Waals surface area contributed by atoms with Crippen LogP contribution in [0.1, 0.15) is 44.1 Å². The number of carbonyl (C=O) groups is 1. The van der Waals surface area contributed by atoms with Gasteiger partial charge in [0.05, 0.1) is 6.54 Å². The Labute approximate surface area is 238 Å². The number of alkyl halides is 3. The summed E-state index contributed by atoms with van der Waals surface area (Å²) in [5, 5.41) is 10.6. The van der Waals surface area contributed by atoms with Gasteiger partial charge >= 0.3 is 17.8 Å². The van der Waals surface area contributed by atoms with Crippen molar-refractivity contribution in [2.24, 2.45) is 18.9 Å². The van der Waals surface area contributed by atoms with Crippen molar-refractivity contribution in [3.63, 3.8) is 0 Å². The zero-order chi connectivity index (χ0) is 30.2. The Bertz CT molecular complexity index is 1560. The molecule has 2 aromatic heterocycles. The zero-order valence-electron chi connectivity index (χ0n) is 23.2. The third-order valence-electron chi connectivity index (χ3n) is 8.58. The van der Waals surface area contributed by atoms with E-state index in [-0.39, 0.29) is 17.9 Å². The number of rotatable bonds is 5. The maximum absolute atomic E-state index is 13.9. The number of anilines is 1. The van der Waals surface area contributed by atoms with Crippen LogP contribution >= 0.6 is 0 Å². The molecular formula is C28H34F4N6O4. The molecule has 3 aliphatic rings. The number of aliphatic carboxylic acids is 1. The number of aromatic nitrogens is 4. The highest BCUT2D eigenvalue weighted by molar-refractivity contribution is 5.75. The van der Waals surface area contributed by atoms with E-state index in [1.807, 2.05) is 0 Å². The average Bonchev–Trinajstić information content (AvgIpc) is 3.67. The van der Waals surface area contributed by atoms with Gasteiger partial charge in [0.25, 0.3) is 5.56 Å². The normalized spacial score (nSPS) is 20.9. The standard InChI is InChI=1S/C26H33FN6O2.C2HF3O2/c1-30-23-22(24(34)33(26(30)35)16-18-7-9-20(27)10-8-18)32(15-17-5-3-2-4-6-17)25(29-23)31-12-11-19-13-28-14-21(19)31;3-2(4,5)1(6)7/h7-10,17,19,21,28H,2-6,11-16H2,1H3;(H,6,7). The van der Waals surface area contributed by atoms with Crippen LogP contribution in [0.3, 0.4) is 0 Å². The predicted molar refractivity (Wildman–Crippen MR) is 147 cm³/mol. The summed E-state index contributed by atoms with van der Waals surface area (Å²) in [5.41, 5.74) is 0.951. The van der Waals surface area contributed by atoms with E-state index in [4.69, 9.17) is 14.9 Å². The second-order valence-corrected chi connectivity index (χ2v) is 11.3. The molecule has 2 unspecified atom stereocenters. The molecule has 0 amide bonds. The Morgan fingerprint density at radius 3 is 2.36 bits per heavy atom. The molecule has 14 heteroatoms. The highest BCUT2D eigenvalue weighted by atomic mass is 19.4. The minimum absolute atomic E-state index is 0.101.